The smallest absolute Gasteiger partial charge is 0.226 e. The van der Waals surface area contributed by atoms with Gasteiger partial charge in [0.25, 0.3) is 0 Å². The van der Waals surface area contributed by atoms with Gasteiger partial charge in [-0.2, -0.15) is 0 Å². The molecule has 0 spiro atoms. The summed E-state index contributed by atoms with van der Waals surface area (Å²) < 4.78 is 0. The molecule has 202 valence electrons. The molecule has 0 saturated carbocycles. The van der Waals surface area contributed by atoms with E-state index >= 15 is 0 Å². The molecule has 4 heterocycles. The van der Waals surface area contributed by atoms with E-state index in [9.17, 15) is 14.4 Å². The van der Waals surface area contributed by atoms with Crippen LogP contribution in [0.5, 0.6) is 0 Å². The third kappa shape index (κ3) is 5.38. The molecule has 2 amide bonds. The molecule has 7 heteroatoms. The Morgan fingerprint density at radius 3 is 2.53 bits per heavy atom. The van der Waals surface area contributed by atoms with Crippen molar-refractivity contribution in [1.82, 2.24) is 9.80 Å². The van der Waals surface area contributed by atoms with Crippen molar-refractivity contribution in [1.29, 1.82) is 0 Å². The molecule has 4 aliphatic heterocycles. The van der Waals surface area contributed by atoms with E-state index in [1.54, 1.807) is 0 Å². The van der Waals surface area contributed by atoms with Gasteiger partial charge < -0.3 is 9.80 Å². The second kappa shape index (κ2) is 10.2. The Kier molecular flexibility index (Phi) is 7.14. The van der Waals surface area contributed by atoms with Gasteiger partial charge in [0.05, 0.1) is 12.5 Å². The molecule has 7 nitrogen and oxygen atoms in total. The first kappa shape index (κ1) is 26.5. The van der Waals surface area contributed by atoms with Crippen molar-refractivity contribution >= 4 is 29.5 Å². The number of Topliss-reactive ketones (excluding diaryl/α,β-unsaturated/α-hetero) is 1. The lowest BCUT2D eigenvalue weighted by Crippen LogP contribution is -2.44. The van der Waals surface area contributed by atoms with Gasteiger partial charge in [0.2, 0.25) is 11.8 Å². The summed E-state index contributed by atoms with van der Waals surface area (Å²) in [6.45, 7) is 13.9. The van der Waals surface area contributed by atoms with Crippen molar-refractivity contribution in [2.24, 2.45) is 27.2 Å². The highest BCUT2D eigenvalue weighted by Crippen LogP contribution is 2.35. The summed E-state index contributed by atoms with van der Waals surface area (Å²) in [6, 6.07) is 2.22. The maximum atomic E-state index is 13.9. The molecule has 1 atom stereocenters. The largest absolute Gasteiger partial charge is 0.343 e. The number of ketones is 1. The summed E-state index contributed by atoms with van der Waals surface area (Å²) in [4.78, 5) is 52.4. The maximum absolute atomic E-state index is 13.9. The van der Waals surface area contributed by atoms with Crippen molar-refractivity contribution in [2.75, 3.05) is 26.2 Å². The molecular formula is C31H40N4O3. The van der Waals surface area contributed by atoms with Crippen LogP contribution < -0.4 is 0 Å². The number of rotatable bonds is 4. The third-order valence-corrected chi connectivity index (χ3v) is 8.38. The van der Waals surface area contributed by atoms with Gasteiger partial charge in [-0.05, 0) is 72.8 Å². The van der Waals surface area contributed by atoms with Crippen LogP contribution in [0.1, 0.15) is 74.8 Å². The summed E-state index contributed by atoms with van der Waals surface area (Å²) in [6.07, 6.45) is 6.25. The number of carbonyl (C=O) groups excluding carboxylic acids is 3. The minimum absolute atomic E-state index is 0.0436. The molecule has 0 radical (unpaired) electrons. The number of aryl methyl sites for hydroxylation is 1. The van der Waals surface area contributed by atoms with E-state index in [1.165, 1.54) is 27.8 Å². The highest BCUT2D eigenvalue weighted by atomic mass is 16.2. The van der Waals surface area contributed by atoms with Crippen molar-refractivity contribution in [2.45, 2.75) is 73.4 Å². The number of hydrogen-bond acceptors (Lipinski definition) is 5. The van der Waals surface area contributed by atoms with Crippen LogP contribution in [0.3, 0.4) is 0 Å². The van der Waals surface area contributed by atoms with E-state index < -0.39 is 0 Å². The number of fused-ring (bicyclic) bond motifs is 3. The summed E-state index contributed by atoms with van der Waals surface area (Å²) >= 11 is 0. The first-order chi connectivity index (χ1) is 18.0. The minimum Gasteiger partial charge on any atom is -0.343 e. The number of benzene rings is 1. The summed E-state index contributed by atoms with van der Waals surface area (Å²) in [5.41, 5.74) is 7.74. The molecule has 0 N–H and O–H groups in total. The molecule has 1 fully saturated rings. The zero-order valence-corrected chi connectivity index (χ0v) is 23.5. The Morgan fingerprint density at radius 2 is 1.82 bits per heavy atom. The summed E-state index contributed by atoms with van der Waals surface area (Å²) in [5.74, 6) is 0.0304. The predicted molar refractivity (Wildman–Crippen MR) is 150 cm³/mol. The van der Waals surface area contributed by atoms with Crippen LogP contribution in [0.25, 0.3) is 0 Å². The van der Waals surface area contributed by atoms with Crippen molar-refractivity contribution in [3.05, 3.63) is 45.5 Å². The molecule has 38 heavy (non-hydrogen) atoms. The van der Waals surface area contributed by atoms with Gasteiger partial charge in [-0.25, -0.2) is 0 Å². The van der Waals surface area contributed by atoms with Gasteiger partial charge in [0.1, 0.15) is 6.54 Å². The first-order valence-electron chi connectivity index (χ1n) is 14.0. The zero-order valence-electron chi connectivity index (χ0n) is 23.5. The van der Waals surface area contributed by atoms with Gasteiger partial charge in [-0.1, -0.05) is 26.8 Å². The van der Waals surface area contributed by atoms with Crippen LogP contribution in [-0.2, 0) is 33.9 Å². The SMILES string of the molecule is CC1=NCC(=O)C(C2CCN(C(=O)CC3Cc4cc(C)c5c(c4CN(CC(C)(C)C)C3=O)C=NC5)CC2)=C1. The van der Waals surface area contributed by atoms with Crippen LogP contribution in [-0.4, -0.2) is 65.5 Å². The topological polar surface area (TPSA) is 82.4 Å². The van der Waals surface area contributed by atoms with E-state index in [0.717, 1.165) is 24.1 Å². The number of nitrogens with zero attached hydrogens (tertiary/aromatic N) is 4. The monoisotopic (exact) mass is 516 g/mol. The van der Waals surface area contributed by atoms with E-state index in [1.807, 2.05) is 29.0 Å². The minimum atomic E-state index is -0.374. The van der Waals surface area contributed by atoms with E-state index in [2.05, 4.69) is 43.7 Å². The lowest BCUT2D eigenvalue weighted by atomic mass is 9.84. The van der Waals surface area contributed by atoms with Crippen LogP contribution >= 0.6 is 0 Å². The van der Waals surface area contributed by atoms with E-state index in [-0.39, 0.29) is 47.8 Å². The standard InChI is InChI=1S/C31H40N4O3/c1-19-10-22-12-23(30(38)35(18-31(3,4)5)17-27(22)26-15-32-14-25(19)26)13-29(37)34-8-6-21(7-9-34)24-11-20(2)33-16-28(24)36/h10-11,15,21,23H,6-9,12-14,16-18H2,1-5H3. The number of amides is 2. The number of carbonyl (C=O) groups is 3. The maximum Gasteiger partial charge on any atom is 0.226 e. The average molecular weight is 517 g/mol. The Bertz CT molecular complexity index is 1260. The van der Waals surface area contributed by atoms with E-state index in [0.29, 0.717) is 39.1 Å². The molecule has 1 unspecified atom stereocenters. The fourth-order valence-corrected chi connectivity index (χ4v) is 6.48. The Balaban J connectivity index is 1.33. The number of hydrogen-bond donors (Lipinski definition) is 0. The van der Waals surface area contributed by atoms with Crippen LogP contribution in [0.2, 0.25) is 0 Å². The quantitative estimate of drug-likeness (QED) is 0.605. The van der Waals surface area contributed by atoms with Gasteiger partial charge in [0.15, 0.2) is 5.78 Å². The number of allylic oxidation sites excluding steroid dienone is 1. The normalized spacial score (nSPS) is 22.2. The van der Waals surface area contributed by atoms with Crippen molar-refractivity contribution in [3.63, 3.8) is 0 Å². The highest BCUT2D eigenvalue weighted by molar-refractivity contribution is 6.09. The first-order valence-corrected chi connectivity index (χ1v) is 14.0. The van der Waals surface area contributed by atoms with Crippen LogP contribution in [0.15, 0.2) is 27.7 Å². The third-order valence-electron chi connectivity index (χ3n) is 8.38. The van der Waals surface area contributed by atoms with Gasteiger partial charge in [0, 0.05) is 55.7 Å². The molecule has 4 aliphatic rings. The molecule has 1 aromatic carbocycles. The fourth-order valence-electron chi connectivity index (χ4n) is 6.48. The van der Waals surface area contributed by atoms with Gasteiger partial charge >= 0.3 is 0 Å². The Hall–Kier alpha value is -3.09. The van der Waals surface area contributed by atoms with Crippen LogP contribution in [0, 0.1) is 24.2 Å². The Morgan fingerprint density at radius 1 is 1.08 bits per heavy atom. The summed E-state index contributed by atoms with van der Waals surface area (Å²) in [7, 11) is 0. The van der Waals surface area contributed by atoms with Crippen molar-refractivity contribution in [3.8, 4) is 0 Å². The summed E-state index contributed by atoms with van der Waals surface area (Å²) in [5, 5.41) is 0. The molecular weight excluding hydrogens is 476 g/mol. The molecule has 0 aromatic heterocycles. The van der Waals surface area contributed by atoms with Gasteiger partial charge in [-0.15, -0.1) is 0 Å². The number of likely N-dealkylation sites (tertiary alicyclic amines) is 1. The zero-order chi connectivity index (χ0) is 27.2. The predicted octanol–water partition coefficient (Wildman–Crippen LogP) is 4.07. The molecule has 5 rings (SSSR count). The van der Waals surface area contributed by atoms with Gasteiger partial charge in [-0.3, -0.25) is 24.4 Å². The number of piperidine rings is 1. The van der Waals surface area contributed by atoms with Crippen molar-refractivity contribution < 1.29 is 14.4 Å². The molecule has 1 saturated heterocycles. The lowest BCUT2D eigenvalue weighted by Gasteiger charge is -2.35. The molecule has 0 aliphatic carbocycles. The second-order valence-corrected chi connectivity index (χ2v) is 12.7. The second-order valence-electron chi connectivity index (χ2n) is 12.7. The highest BCUT2D eigenvalue weighted by Gasteiger charge is 2.37. The van der Waals surface area contributed by atoms with E-state index in [4.69, 9.17) is 0 Å². The number of aliphatic imine (C=N–C) groups is 2. The molecule has 0 bridgehead atoms. The number of dihydropyridines is 1. The fraction of sp³-hybridized carbons (Fsp3) is 0.581. The average Bonchev–Trinajstić information content (AvgIpc) is 3.32. The Labute approximate surface area is 226 Å². The molecule has 1 aromatic rings. The van der Waals surface area contributed by atoms with Crippen LogP contribution in [0.4, 0.5) is 0 Å². The lowest BCUT2D eigenvalue weighted by molar-refractivity contribution is -0.142.